The molecule has 0 aliphatic heterocycles. The summed E-state index contributed by atoms with van der Waals surface area (Å²) in [5, 5.41) is 7.01. The van der Waals surface area contributed by atoms with Gasteiger partial charge in [-0.1, -0.05) is 42.5 Å². The predicted molar refractivity (Wildman–Crippen MR) is 123 cm³/mol. The van der Waals surface area contributed by atoms with Gasteiger partial charge < -0.3 is 5.32 Å². The average Bonchev–Trinajstić information content (AvgIpc) is 3.21. The van der Waals surface area contributed by atoms with E-state index in [0.717, 1.165) is 17.4 Å². The highest BCUT2D eigenvalue weighted by Gasteiger charge is 2.18. The molecule has 8 nitrogen and oxygen atoms in total. The molecule has 2 aromatic heterocycles. The van der Waals surface area contributed by atoms with Gasteiger partial charge in [-0.15, -0.1) is 0 Å². The number of carbonyl (C=O) groups is 1. The summed E-state index contributed by atoms with van der Waals surface area (Å²) >= 11 is 0. The third-order valence-corrected chi connectivity index (χ3v) is 5.37. The van der Waals surface area contributed by atoms with Crippen molar-refractivity contribution in [3.63, 3.8) is 0 Å². The fourth-order valence-electron chi connectivity index (χ4n) is 3.72. The summed E-state index contributed by atoms with van der Waals surface area (Å²) in [5.41, 5.74) is 0.984. The summed E-state index contributed by atoms with van der Waals surface area (Å²) < 4.78 is 16.9. The monoisotopic (exact) mass is 449 g/mol. The van der Waals surface area contributed by atoms with E-state index in [-0.39, 0.29) is 24.5 Å². The van der Waals surface area contributed by atoms with Crippen molar-refractivity contribution in [3.05, 3.63) is 98.6 Å². The molecule has 0 bridgehead atoms. The van der Waals surface area contributed by atoms with Gasteiger partial charge in [-0.2, -0.15) is 5.10 Å². The number of nitrogens with one attached hydrogen (secondary N) is 1. The molecule has 170 valence electrons. The van der Waals surface area contributed by atoms with Crippen molar-refractivity contribution in [2.75, 3.05) is 6.54 Å². The molecule has 9 heteroatoms. The van der Waals surface area contributed by atoms with Crippen LogP contribution in [-0.4, -0.2) is 31.4 Å². The Labute approximate surface area is 188 Å². The van der Waals surface area contributed by atoms with Gasteiger partial charge in [0.05, 0.1) is 12.1 Å². The number of rotatable bonds is 8. The molecule has 33 heavy (non-hydrogen) atoms. The first-order valence-corrected chi connectivity index (χ1v) is 10.6. The maximum atomic E-state index is 13.2. The van der Waals surface area contributed by atoms with Crippen molar-refractivity contribution >= 4 is 16.9 Å². The van der Waals surface area contributed by atoms with Crippen molar-refractivity contribution in [1.29, 1.82) is 0 Å². The lowest BCUT2D eigenvalue weighted by Gasteiger charge is -2.12. The molecule has 2 aromatic carbocycles. The van der Waals surface area contributed by atoms with E-state index in [4.69, 9.17) is 0 Å². The van der Waals surface area contributed by atoms with Gasteiger partial charge in [0.25, 0.3) is 5.56 Å². The molecule has 0 saturated carbocycles. The minimum atomic E-state index is -0.621. The van der Waals surface area contributed by atoms with Crippen molar-refractivity contribution in [3.8, 4) is 0 Å². The zero-order valence-electron chi connectivity index (χ0n) is 18.2. The summed E-state index contributed by atoms with van der Waals surface area (Å²) in [4.78, 5) is 38.7. The van der Waals surface area contributed by atoms with E-state index in [1.165, 1.54) is 39.1 Å². The van der Waals surface area contributed by atoms with Crippen LogP contribution in [-0.2, 0) is 31.4 Å². The first-order chi connectivity index (χ1) is 15.9. The van der Waals surface area contributed by atoms with Gasteiger partial charge in [0.2, 0.25) is 5.91 Å². The number of amides is 1. The molecule has 0 aliphatic carbocycles. The fraction of sp³-hybridized carbons (Fsp3) is 0.250. The Morgan fingerprint density at radius 3 is 2.45 bits per heavy atom. The second-order valence-corrected chi connectivity index (χ2v) is 7.86. The van der Waals surface area contributed by atoms with Gasteiger partial charge >= 0.3 is 5.69 Å². The Morgan fingerprint density at radius 2 is 1.73 bits per heavy atom. The summed E-state index contributed by atoms with van der Waals surface area (Å²) in [7, 11) is 1.64. The molecule has 0 spiro atoms. The van der Waals surface area contributed by atoms with E-state index in [1.807, 2.05) is 30.3 Å². The molecular formula is C24H24FN5O3. The van der Waals surface area contributed by atoms with E-state index in [9.17, 15) is 18.8 Å². The average molecular weight is 449 g/mol. The van der Waals surface area contributed by atoms with Crippen LogP contribution in [0, 0.1) is 5.82 Å². The van der Waals surface area contributed by atoms with E-state index in [2.05, 4.69) is 10.4 Å². The standard InChI is InChI=1S/C24H24FN5O3/c1-28-15-20-22(27-28)23(32)30(14-18-9-11-19(25)12-10-18)24(33)29(20)16-21(31)26-13-5-8-17-6-3-2-4-7-17/h2-4,6-7,9-12,15H,5,8,13-14,16H2,1H3,(H,26,31). The normalized spacial score (nSPS) is 11.1. The van der Waals surface area contributed by atoms with Crippen molar-refractivity contribution in [2.45, 2.75) is 25.9 Å². The number of aryl methyl sites for hydroxylation is 2. The van der Waals surface area contributed by atoms with Crippen molar-refractivity contribution in [2.24, 2.45) is 7.05 Å². The molecule has 0 atom stereocenters. The Hall–Kier alpha value is -4.01. The van der Waals surface area contributed by atoms with Gasteiger partial charge in [0.15, 0.2) is 5.52 Å². The summed E-state index contributed by atoms with van der Waals surface area (Å²) in [6, 6.07) is 15.5. The van der Waals surface area contributed by atoms with Crippen LogP contribution in [0.3, 0.4) is 0 Å². The molecule has 0 fully saturated rings. The Bertz CT molecular complexity index is 1390. The van der Waals surface area contributed by atoms with E-state index in [1.54, 1.807) is 13.2 Å². The van der Waals surface area contributed by atoms with Crippen molar-refractivity contribution < 1.29 is 9.18 Å². The molecule has 1 amide bonds. The minimum Gasteiger partial charge on any atom is -0.355 e. The Balaban J connectivity index is 1.54. The molecular weight excluding hydrogens is 425 g/mol. The smallest absolute Gasteiger partial charge is 0.332 e. The van der Waals surface area contributed by atoms with Gasteiger partial charge in [-0.05, 0) is 36.1 Å². The van der Waals surface area contributed by atoms with Gasteiger partial charge in [-0.3, -0.25) is 23.4 Å². The highest BCUT2D eigenvalue weighted by Crippen LogP contribution is 2.08. The number of aromatic nitrogens is 4. The molecule has 1 N–H and O–H groups in total. The number of hydrogen-bond acceptors (Lipinski definition) is 4. The largest absolute Gasteiger partial charge is 0.355 e. The maximum Gasteiger partial charge on any atom is 0.332 e. The second kappa shape index (κ2) is 9.64. The molecule has 0 saturated heterocycles. The van der Waals surface area contributed by atoms with Gasteiger partial charge in [0, 0.05) is 19.8 Å². The van der Waals surface area contributed by atoms with Crippen LogP contribution >= 0.6 is 0 Å². The van der Waals surface area contributed by atoms with E-state index in [0.29, 0.717) is 17.6 Å². The van der Waals surface area contributed by atoms with Crippen LogP contribution in [0.2, 0.25) is 0 Å². The highest BCUT2D eigenvalue weighted by atomic mass is 19.1. The van der Waals surface area contributed by atoms with Crippen molar-refractivity contribution in [1.82, 2.24) is 24.2 Å². The van der Waals surface area contributed by atoms with Crippen LogP contribution in [0.1, 0.15) is 17.5 Å². The predicted octanol–water partition coefficient (Wildman–Crippen LogP) is 1.83. The van der Waals surface area contributed by atoms with Crippen LogP contribution in [0.5, 0.6) is 0 Å². The minimum absolute atomic E-state index is 0.0524. The summed E-state index contributed by atoms with van der Waals surface area (Å²) in [6.45, 7) is 0.174. The van der Waals surface area contributed by atoms with Crippen LogP contribution < -0.4 is 16.6 Å². The molecule has 4 aromatic rings. The number of benzene rings is 2. The topological polar surface area (TPSA) is 90.9 Å². The third-order valence-electron chi connectivity index (χ3n) is 5.37. The zero-order valence-corrected chi connectivity index (χ0v) is 18.2. The Morgan fingerprint density at radius 1 is 1.00 bits per heavy atom. The summed E-state index contributed by atoms with van der Waals surface area (Å²) in [5.74, 6) is -0.741. The molecule has 2 heterocycles. The first-order valence-electron chi connectivity index (χ1n) is 10.6. The molecule has 0 aliphatic rings. The third kappa shape index (κ3) is 5.08. The van der Waals surface area contributed by atoms with Crippen LogP contribution in [0.4, 0.5) is 4.39 Å². The SMILES string of the molecule is Cn1cc2c(n1)c(=O)n(Cc1ccc(F)cc1)c(=O)n2CC(=O)NCCCc1ccccc1. The van der Waals surface area contributed by atoms with Gasteiger partial charge in [0.1, 0.15) is 12.4 Å². The fourth-order valence-corrected chi connectivity index (χ4v) is 3.72. The quantitative estimate of drug-likeness (QED) is 0.416. The number of hydrogen-bond donors (Lipinski definition) is 1. The second-order valence-electron chi connectivity index (χ2n) is 7.86. The number of carbonyl (C=O) groups excluding carboxylic acids is 1. The number of fused-ring (bicyclic) bond motifs is 1. The molecule has 4 rings (SSSR count). The maximum absolute atomic E-state index is 13.2. The van der Waals surface area contributed by atoms with Crippen LogP contribution in [0.15, 0.2) is 70.4 Å². The lowest BCUT2D eigenvalue weighted by Crippen LogP contribution is -2.42. The van der Waals surface area contributed by atoms with Crippen LogP contribution in [0.25, 0.3) is 11.0 Å². The number of halogens is 1. The highest BCUT2D eigenvalue weighted by molar-refractivity contribution is 5.79. The summed E-state index contributed by atoms with van der Waals surface area (Å²) in [6.07, 6.45) is 3.14. The molecule has 0 unspecified atom stereocenters. The Kier molecular flexibility index (Phi) is 6.48. The molecule has 0 radical (unpaired) electrons. The first kappa shape index (κ1) is 22.2. The van der Waals surface area contributed by atoms with E-state index < -0.39 is 17.1 Å². The number of nitrogens with zero attached hydrogens (tertiary/aromatic N) is 4. The lowest BCUT2D eigenvalue weighted by molar-refractivity contribution is -0.121. The van der Waals surface area contributed by atoms with E-state index >= 15 is 0 Å². The lowest BCUT2D eigenvalue weighted by atomic mass is 10.1. The van der Waals surface area contributed by atoms with Gasteiger partial charge in [-0.25, -0.2) is 9.18 Å². The zero-order chi connectivity index (χ0) is 23.4.